The highest BCUT2D eigenvalue weighted by molar-refractivity contribution is 6.13. The van der Waals surface area contributed by atoms with Crippen molar-refractivity contribution in [1.82, 2.24) is 20.2 Å². The van der Waals surface area contributed by atoms with Crippen LogP contribution in [-0.4, -0.2) is 26.1 Å². The zero-order valence-electron chi connectivity index (χ0n) is 15.7. The minimum atomic E-state index is -0.188. The summed E-state index contributed by atoms with van der Waals surface area (Å²) in [6.45, 7) is 2.00. The Morgan fingerprint density at radius 2 is 1.90 bits per heavy atom. The molecule has 0 radical (unpaired) electrons. The Morgan fingerprint density at radius 1 is 1.00 bits per heavy atom. The number of fused-ring (bicyclic) bond motifs is 2. The van der Waals surface area contributed by atoms with Gasteiger partial charge in [0, 0.05) is 34.4 Å². The summed E-state index contributed by atoms with van der Waals surface area (Å²) in [6.07, 6.45) is 5.24. The topological polar surface area (TPSA) is 83.6 Å². The van der Waals surface area contributed by atoms with Crippen LogP contribution in [0.15, 0.2) is 73.2 Å². The summed E-state index contributed by atoms with van der Waals surface area (Å²) in [5.41, 5.74) is 5.55. The van der Waals surface area contributed by atoms with Gasteiger partial charge in [0.05, 0.1) is 28.5 Å². The van der Waals surface area contributed by atoms with Gasteiger partial charge in [-0.05, 0) is 48.9 Å². The number of para-hydroxylation sites is 1. The quantitative estimate of drug-likeness (QED) is 0.474. The molecule has 0 spiro atoms. The Morgan fingerprint density at radius 3 is 2.76 bits per heavy atom. The van der Waals surface area contributed by atoms with Gasteiger partial charge in [-0.25, -0.2) is 4.98 Å². The normalized spacial score (nSPS) is 11.1. The molecular weight excluding hydrogens is 362 g/mol. The van der Waals surface area contributed by atoms with Gasteiger partial charge in [0.25, 0.3) is 5.91 Å². The van der Waals surface area contributed by atoms with Crippen molar-refractivity contribution in [1.29, 1.82) is 0 Å². The minimum Gasteiger partial charge on any atom is -0.322 e. The number of nitrogens with one attached hydrogen (secondary N) is 2. The molecular formula is C23H17N5O. The minimum absolute atomic E-state index is 0.188. The number of aromatic amines is 1. The average Bonchev–Trinajstić information content (AvgIpc) is 3.23. The number of hydrogen-bond acceptors (Lipinski definition) is 4. The van der Waals surface area contributed by atoms with Crippen LogP contribution in [0.3, 0.4) is 0 Å². The van der Waals surface area contributed by atoms with Crippen LogP contribution in [0.5, 0.6) is 0 Å². The lowest BCUT2D eigenvalue weighted by Crippen LogP contribution is -2.13. The lowest BCUT2D eigenvalue weighted by Gasteiger charge is -2.11. The van der Waals surface area contributed by atoms with Crippen LogP contribution in [0.4, 0.5) is 5.69 Å². The standard InChI is InChI=1S/C23H17N5O/c1-14-9-16(10-22-19(14)13-25-28-22)26-23(29)18-11-21(15-5-4-8-24-12-15)27-20-7-3-2-6-17(18)20/h2-13H,1H3,(H,25,28)(H,26,29). The number of benzene rings is 2. The van der Waals surface area contributed by atoms with Crippen LogP contribution < -0.4 is 5.32 Å². The molecule has 0 saturated heterocycles. The zero-order valence-corrected chi connectivity index (χ0v) is 15.7. The molecule has 0 fully saturated rings. The first-order valence-corrected chi connectivity index (χ1v) is 9.24. The van der Waals surface area contributed by atoms with Crippen LogP contribution in [-0.2, 0) is 0 Å². The number of aromatic nitrogens is 4. The van der Waals surface area contributed by atoms with Crippen molar-refractivity contribution in [2.45, 2.75) is 6.92 Å². The van der Waals surface area contributed by atoms with E-state index in [4.69, 9.17) is 4.98 Å². The van der Waals surface area contributed by atoms with Gasteiger partial charge in [-0.3, -0.25) is 14.9 Å². The molecule has 1 amide bonds. The number of carbonyl (C=O) groups excluding carboxylic acids is 1. The Kier molecular flexibility index (Phi) is 4.02. The lowest BCUT2D eigenvalue weighted by molar-refractivity contribution is 0.102. The number of H-pyrrole nitrogens is 1. The fourth-order valence-corrected chi connectivity index (χ4v) is 3.52. The summed E-state index contributed by atoms with van der Waals surface area (Å²) in [6, 6.07) is 17.1. The van der Waals surface area contributed by atoms with E-state index in [1.165, 1.54) is 0 Å². The summed E-state index contributed by atoms with van der Waals surface area (Å²) in [4.78, 5) is 22.1. The second-order valence-corrected chi connectivity index (χ2v) is 6.89. The van der Waals surface area contributed by atoms with E-state index in [-0.39, 0.29) is 5.91 Å². The van der Waals surface area contributed by atoms with Gasteiger partial charge in [-0.15, -0.1) is 0 Å². The molecule has 0 saturated carbocycles. The molecule has 0 aliphatic carbocycles. The molecule has 0 aliphatic rings. The molecule has 5 rings (SSSR count). The lowest BCUT2D eigenvalue weighted by atomic mass is 10.0. The van der Waals surface area contributed by atoms with E-state index in [1.807, 2.05) is 61.5 Å². The molecule has 0 bridgehead atoms. The maximum Gasteiger partial charge on any atom is 0.256 e. The van der Waals surface area contributed by atoms with Crippen LogP contribution in [0, 0.1) is 6.92 Å². The van der Waals surface area contributed by atoms with Crippen LogP contribution in [0.2, 0.25) is 0 Å². The predicted molar refractivity (Wildman–Crippen MR) is 114 cm³/mol. The number of anilines is 1. The van der Waals surface area contributed by atoms with Crippen molar-refractivity contribution < 1.29 is 4.79 Å². The molecule has 140 valence electrons. The van der Waals surface area contributed by atoms with Gasteiger partial charge in [-0.1, -0.05) is 18.2 Å². The molecule has 0 aliphatic heterocycles. The monoisotopic (exact) mass is 379 g/mol. The fraction of sp³-hybridized carbons (Fsp3) is 0.0435. The molecule has 3 heterocycles. The number of amides is 1. The number of rotatable bonds is 3. The first-order valence-electron chi connectivity index (χ1n) is 9.24. The van der Waals surface area contributed by atoms with Crippen LogP contribution in [0.25, 0.3) is 33.1 Å². The summed E-state index contributed by atoms with van der Waals surface area (Å²) < 4.78 is 0. The van der Waals surface area contributed by atoms with E-state index < -0.39 is 0 Å². The molecule has 29 heavy (non-hydrogen) atoms. The first kappa shape index (κ1) is 17.1. The Labute approximate surface area is 166 Å². The Balaban J connectivity index is 1.60. The van der Waals surface area contributed by atoms with Gasteiger partial charge < -0.3 is 5.32 Å². The van der Waals surface area contributed by atoms with Gasteiger partial charge >= 0.3 is 0 Å². The molecule has 6 nitrogen and oxygen atoms in total. The largest absolute Gasteiger partial charge is 0.322 e. The molecule has 5 aromatic rings. The second-order valence-electron chi connectivity index (χ2n) is 6.89. The number of pyridine rings is 2. The summed E-state index contributed by atoms with van der Waals surface area (Å²) in [5.74, 6) is -0.188. The van der Waals surface area contributed by atoms with E-state index in [1.54, 1.807) is 18.6 Å². The first-order chi connectivity index (χ1) is 14.2. The number of nitrogens with zero attached hydrogens (tertiary/aromatic N) is 3. The third-order valence-electron chi connectivity index (χ3n) is 4.94. The molecule has 2 N–H and O–H groups in total. The molecule has 2 aromatic carbocycles. The predicted octanol–water partition coefficient (Wildman–Crippen LogP) is 4.73. The van der Waals surface area contributed by atoms with E-state index in [9.17, 15) is 4.79 Å². The van der Waals surface area contributed by atoms with Crippen molar-refractivity contribution in [2.24, 2.45) is 0 Å². The van der Waals surface area contributed by atoms with E-state index in [0.29, 0.717) is 16.9 Å². The van der Waals surface area contributed by atoms with Crippen molar-refractivity contribution >= 4 is 33.4 Å². The van der Waals surface area contributed by atoms with Crippen LogP contribution >= 0.6 is 0 Å². The maximum absolute atomic E-state index is 13.2. The zero-order chi connectivity index (χ0) is 19.8. The van der Waals surface area contributed by atoms with Gasteiger partial charge in [-0.2, -0.15) is 5.10 Å². The molecule has 0 atom stereocenters. The van der Waals surface area contributed by atoms with Crippen LogP contribution in [0.1, 0.15) is 15.9 Å². The van der Waals surface area contributed by atoms with Crippen molar-refractivity contribution in [2.75, 3.05) is 5.32 Å². The number of carbonyl (C=O) groups is 1. The third-order valence-corrected chi connectivity index (χ3v) is 4.94. The summed E-state index contributed by atoms with van der Waals surface area (Å²) >= 11 is 0. The molecule has 0 unspecified atom stereocenters. The average molecular weight is 379 g/mol. The highest BCUT2D eigenvalue weighted by Gasteiger charge is 2.15. The Hall–Kier alpha value is -4.06. The number of hydrogen-bond donors (Lipinski definition) is 2. The highest BCUT2D eigenvalue weighted by Crippen LogP contribution is 2.26. The Bertz CT molecular complexity index is 1360. The van der Waals surface area contributed by atoms with Crippen molar-refractivity contribution in [3.8, 4) is 11.3 Å². The second kappa shape index (κ2) is 6.83. The van der Waals surface area contributed by atoms with Gasteiger partial charge in [0.2, 0.25) is 0 Å². The molecule has 6 heteroatoms. The van der Waals surface area contributed by atoms with E-state index in [2.05, 4.69) is 20.5 Å². The SMILES string of the molecule is Cc1cc(NC(=O)c2cc(-c3cccnc3)nc3ccccc23)cc2[nH]ncc12. The molecule has 3 aromatic heterocycles. The van der Waals surface area contributed by atoms with Crippen molar-refractivity contribution in [3.05, 3.63) is 84.3 Å². The van der Waals surface area contributed by atoms with E-state index in [0.717, 1.165) is 32.9 Å². The fourth-order valence-electron chi connectivity index (χ4n) is 3.52. The maximum atomic E-state index is 13.2. The highest BCUT2D eigenvalue weighted by atomic mass is 16.1. The van der Waals surface area contributed by atoms with Gasteiger partial charge in [0.15, 0.2) is 0 Å². The van der Waals surface area contributed by atoms with Gasteiger partial charge in [0.1, 0.15) is 0 Å². The number of aryl methyl sites for hydroxylation is 1. The van der Waals surface area contributed by atoms with Crippen molar-refractivity contribution in [3.63, 3.8) is 0 Å². The third kappa shape index (κ3) is 3.10. The smallest absolute Gasteiger partial charge is 0.256 e. The summed E-state index contributed by atoms with van der Waals surface area (Å²) in [5, 5.41) is 11.9. The summed E-state index contributed by atoms with van der Waals surface area (Å²) in [7, 11) is 0. The van der Waals surface area contributed by atoms with E-state index >= 15 is 0 Å².